The average Bonchev–Trinajstić information content (AvgIpc) is 2.77. The van der Waals surface area contributed by atoms with Gasteiger partial charge in [0.25, 0.3) is 0 Å². The van der Waals surface area contributed by atoms with Gasteiger partial charge in [0.2, 0.25) is 0 Å². The molecule has 0 bridgehead atoms. The highest BCUT2D eigenvalue weighted by Crippen LogP contribution is 2.35. The number of aromatic nitrogens is 2. The van der Waals surface area contributed by atoms with Crippen LogP contribution in [0, 0.1) is 6.92 Å². The molecule has 0 saturated heterocycles. The molecule has 1 saturated carbocycles. The first-order chi connectivity index (χ1) is 9.75. The van der Waals surface area contributed by atoms with Crippen molar-refractivity contribution >= 4 is 5.82 Å². The highest BCUT2D eigenvalue weighted by Gasteiger charge is 2.22. The summed E-state index contributed by atoms with van der Waals surface area (Å²) >= 11 is 0. The number of hydrogen-bond donors (Lipinski definition) is 1. The zero-order valence-electron chi connectivity index (χ0n) is 12.2. The van der Waals surface area contributed by atoms with E-state index in [4.69, 9.17) is 10.7 Å². The van der Waals surface area contributed by atoms with Gasteiger partial charge in [-0.1, -0.05) is 49.6 Å². The Hall–Kier alpha value is -1.77. The van der Waals surface area contributed by atoms with Gasteiger partial charge in [0.15, 0.2) is 0 Å². The van der Waals surface area contributed by atoms with E-state index < -0.39 is 0 Å². The first-order valence-corrected chi connectivity index (χ1v) is 7.62. The van der Waals surface area contributed by atoms with E-state index in [9.17, 15) is 0 Å². The van der Waals surface area contributed by atoms with Gasteiger partial charge in [-0.05, 0) is 25.3 Å². The van der Waals surface area contributed by atoms with Crippen molar-refractivity contribution in [2.24, 2.45) is 0 Å². The molecule has 1 aromatic carbocycles. The number of nitrogen functional groups attached to an aromatic ring is 1. The van der Waals surface area contributed by atoms with Crippen LogP contribution < -0.4 is 5.73 Å². The number of nitrogens with zero attached hydrogens (tertiary/aromatic N) is 2. The second-order valence-corrected chi connectivity index (χ2v) is 5.84. The molecule has 0 atom stereocenters. The lowest BCUT2D eigenvalue weighted by molar-refractivity contribution is 0.438. The molecular weight excluding hydrogens is 246 g/mol. The smallest absolute Gasteiger partial charge is 0.127 e. The molecule has 1 aromatic heterocycles. The molecule has 1 aliphatic rings. The number of rotatable bonds is 3. The van der Waals surface area contributed by atoms with Gasteiger partial charge in [0.1, 0.15) is 11.6 Å². The van der Waals surface area contributed by atoms with E-state index in [-0.39, 0.29) is 0 Å². The summed E-state index contributed by atoms with van der Waals surface area (Å²) in [6.45, 7) is 2.88. The number of imidazole rings is 1. The molecule has 3 heteroatoms. The van der Waals surface area contributed by atoms with Gasteiger partial charge in [-0.3, -0.25) is 0 Å². The highest BCUT2D eigenvalue weighted by atomic mass is 15.1. The minimum atomic E-state index is 0.569. The molecule has 0 spiro atoms. The maximum absolute atomic E-state index is 6.38. The van der Waals surface area contributed by atoms with Crippen molar-refractivity contribution in [3.8, 4) is 0 Å². The Morgan fingerprint density at radius 1 is 1.15 bits per heavy atom. The third kappa shape index (κ3) is 2.58. The summed E-state index contributed by atoms with van der Waals surface area (Å²) in [4.78, 5) is 4.77. The average molecular weight is 269 g/mol. The second kappa shape index (κ2) is 5.70. The summed E-state index contributed by atoms with van der Waals surface area (Å²) in [5.74, 6) is 2.48. The number of benzene rings is 1. The Morgan fingerprint density at radius 3 is 2.55 bits per heavy atom. The molecule has 1 heterocycles. The van der Waals surface area contributed by atoms with Gasteiger partial charge in [-0.2, -0.15) is 0 Å². The zero-order valence-corrected chi connectivity index (χ0v) is 12.2. The number of aryl methyl sites for hydroxylation is 1. The molecule has 0 aliphatic heterocycles. The Labute approximate surface area is 120 Å². The standard InChI is InChI=1S/C17H23N3/c1-13-19-16(15-10-6-3-7-11-15)17(18)20(13)12-14-8-4-2-5-9-14/h2,4-5,8-9,15H,3,6-7,10-12,18H2,1H3. The monoisotopic (exact) mass is 269 g/mol. The third-order valence-electron chi connectivity index (χ3n) is 4.40. The van der Waals surface area contributed by atoms with E-state index in [1.165, 1.54) is 37.7 Å². The van der Waals surface area contributed by atoms with Crippen molar-refractivity contribution in [1.82, 2.24) is 9.55 Å². The summed E-state index contributed by atoms with van der Waals surface area (Å²) in [7, 11) is 0. The summed E-state index contributed by atoms with van der Waals surface area (Å²) in [5.41, 5.74) is 8.79. The fraction of sp³-hybridized carbons (Fsp3) is 0.471. The first kappa shape index (κ1) is 13.2. The molecule has 3 nitrogen and oxygen atoms in total. The van der Waals surface area contributed by atoms with E-state index in [2.05, 4.69) is 35.8 Å². The van der Waals surface area contributed by atoms with Gasteiger partial charge in [-0.15, -0.1) is 0 Å². The van der Waals surface area contributed by atoms with Crippen LogP contribution in [0.3, 0.4) is 0 Å². The van der Waals surface area contributed by atoms with Crippen molar-refractivity contribution in [2.45, 2.75) is 51.5 Å². The molecule has 2 aromatic rings. The minimum Gasteiger partial charge on any atom is -0.384 e. The molecule has 0 radical (unpaired) electrons. The quantitative estimate of drug-likeness (QED) is 0.919. The fourth-order valence-corrected chi connectivity index (χ4v) is 3.25. The molecule has 20 heavy (non-hydrogen) atoms. The van der Waals surface area contributed by atoms with Crippen LogP contribution in [0.25, 0.3) is 0 Å². The lowest BCUT2D eigenvalue weighted by Gasteiger charge is -2.20. The molecular formula is C17H23N3. The minimum absolute atomic E-state index is 0.569. The number of anilines is 1. The van der Waals surface area contributed by atoms with Crippen molar-refractivity contribution < 1.29 is 0 Å². The van der Waals surface area contributed by atoms with Crippen molar-refractivity contribution in [3.05, 3.63) is 47.4 Å². The Balaban J connectivity index is 1.86. The van der Waals surface area contributed by atoms with E-state index in [0.29, 0.717) is 5.92 Å². The molecule has 1 aliphatic carbocycles. The maximum Gasteiger partial charge on any atom is 0.127 e. The van der Waals surface area contributed by atoms with Crippen LogP contribution >= 0.6 is 0 Å². The fourth-order valence-electron chi connectivity index (χ4n) is 3.25. The van der Waals surface area contributed by atoms with Crippen LogP contribution in [0.2, 0.25) is 0 Å². The van der Waals surface area contributed by atoms with Gasteiger partial charge >= 0.3 is 0 Å². The molecule has 3 rings (SSSR count). The van der Waals surface area contributed by atoms with E-state index in [1.807, 2.05) is 6.07 Å². The lowest BCUT2D eigenvalue weighted by Crippen LogP contribution is -2.10. The van der Waals surface area contributed by atoms with Crippen LogP contribution in [-0.4, -0.2) is 9.55 Å². The van der Waals surface area contributed by atoms with Crippen LogP contribution in [0.5, 0.6) is 0 Å². The van der Waals surface area contributed by atoms with Crippen molar-refractivity contribution in [1.29, 1.82) is 0 Å². The molecule has 106 valence electrons. The lowest BCUT2D eigenvalue weighted by atomic mass is 9.87. The molecule has 2 N–H and O–H groups in total. The summed E-state index contributed by atoms with van der Waals surface area (Å²) in [5, 5.41) is 0. The highest BCUT2D eigenvalue weighted by molar-refractivity contribution is 5.41. The normalized spacial score (nSPS) is 16.4. The van der Waals surface area contributed by atoms with E-state index in [1.54, 1.807) is 0 Å². The summed E-state index contributed by atoms with van der Waals surface area (Å²) < 4.78 is 2.15. The molecule has 1 fully saturated rings. The predicted octanol–water partition coefficient (Wildman–Crippen LogP) is 3.87. The molecule has 0 unspecified atom stereocenters. The van der Waals surface area contributed by atoms with Gasteiger partial charge < -0.3 is 10.3 Å². The third-order valence-corrected chi connectivity index (χ3v) is 4.40. The zero-order chi connectivity index (χ0) is 13.9. The van der Waals surface area contributed by atoms with Crippen LogP contribution in [0.1, 0.15) is 55.1 Å². The van der Waals surface area contributed by atoms with Crippen LogP contribution in [0.4, 0.5) is 5.82 Å². The van der Waals surface area contributed by atoms with Gasteiger partial charge in [-0.25, -0.2) is 4.98 Å². The second-order valence-electron chi connectivity index (χ2n) is 5.84. The Bertz CT molecular complexity index is 565. The first-order valence-electron chi connectivity index (χ1n) is 7.62. The largest absolute Gasteiger partial charge is 0.384 e. The SMILES string of the molecule is Cc1nc(C2CCCCC2)c(N)n1Cc1ccccc1. The van der Waals surface area contributed by atoms with E-state index in [0.717, 1.165) is 23.9 Å². The number of nitrogens with two attached hydrogens (primary N) is 1. The van der Waals surface area contributed by atoms with Gasteiger partial charge in [0, 0.05) is 5.92 Å². The number of hydrogen-bond acceptors (Lipinski definition) is 2. The van der Waals surface area contributed by atoms with Crippen molar-refractivity contribution in [2.75, 3.05) is 5.73 Å². The Morgan fingerprint density at radius 2 is 1.85 bits per heavy atom. The molecule has 0 amide bonds. The van der Waals surface area contributed by atoms with Gasteiger partial charge in [0.05, 0.1) is 12.2 Å². The summed E-state index contributed by atoms with van der Waals surface area (Å²) in [6.07, 6.45) is 6.47. The van der Waals surface area contributed by atoms with E-state index >= 15 is 0 Å². The predicted molar refractivity (Wildman–Crippen MR) is 82.7 cm³/mol. The summed E-state index contributed by atoms with van der Waals surface area (Å²) in [6, 6.07) is 10.5. The topological polar surface area (TPSA) is 43.8 Å². The van der Waals surface area contributed by atoms with Crippen LogP contribution in [0.15, 0.2) is 30.3 Å². The van der Waals surface area contributed by atoms with Crippen molar-refractivity contribution in [3.63, 3.8) is 0 Å². The Kier molecular flexibility index (Phi) is 3.77. The maximum atomic E-state index is 6.38. The van der Waals surface area contributed by atoms with Crippen LogP contribution in [-0.2, 0) is 6.54 Å².